The van der Waals surface area contributed by atoms with Crippen molar-refractivity contribution in [3.05, 3.63) is 50.7 Å². The molecule has 2 aromatic rings. The summed E-state index contributed by atoms with van der Waals surface area (Å²) in [6, 6.07) is 3.31. The van der Waals surface area contributed by atoms with E-state index in [0.29, 0.717) is 12.1 Å². The first kappa shape index (κ1) is 18.2. The van der Waals surface area contributed by atoms with Gasteiger partial charge in [-0.25, -0.2) is 4.98 Å². The van der Waals surface area contributed by atoms with E-state index in [-0.39, 0.29) is 20.6 Å². The highest BCUT2D eigenvalue weighted by Crippen LogP contribution is 2.41. The molecule has 0 spiro atoms. The zero-order valence-corrected chi connectivity index (χ0v) is 12.9. The standard InChI is InChI=1S/C13H4Cl3F6N/c14-7-2-1-6(10(15)11(7)16)5-3-8(12(17,18)19)23-9(4-5)13(20,21)22/h1-4H. The molecule has 0 radical (unpaired) electrons. The quantitative estimate of drug-likeness (QED) is 0.385. The lowest BCUT2D eigenvalue weighted by Crippen LogP contribution is -2.15. The molecule has 2 rings (SSSR count). The molecule has 1 aromatic carbocycles. The van der Waals surface area contributed by atoms with Crippen molar-refractivity contribution in [1.29, 1.82) is 0 Å². The summed E-state index contributed by atoms with van der Waals surface area (Å²) in [6.07, 6.45) is -10.1. The molecule has 0 unspecified atom stereocenters. The molecule has 0 amide bonds. The van der Waals surface area contributed by atoms with Crippen LogP contribution in [0.25, 0.3) is 11.1 Å². The molecule has 0 atom stereocenters. The number of alkyl halides is 6. The minimum absolute atomic E-state index is 0.0153. The molecule has 1 aromatic heterocycles. The van der Waals surface area contributed by atoms with Crippen LogP contribution in [0.2, 0.25) is 15.1 Å². The van der Waals surface area contributed by atoms with Crippen molar-refractivity contribution in [3.8, 4) is 11.1 Å². The third kappa shape index (κ3) is 3.84. The van der Waals surface area contributed by atoms with Crippen LogP contribution in [0.4, 0.5) is 26.3 Å². The van der Waals surface area contributed by atoms with Gasteiger partial charge in [-0.3, -0.25) is 0 Å². The molecule has 10 heteroatoms. The van der Waals surface area contributed by atoms with Crippen LogP contribution in [0.3, 0.4) is 0 Å². The van der Waals surface area contributed by atoms with Crippen LogP contribution in [0.15, 0.2) is 24.3 Å². The van der Waals surface area contributed by atoms with Gasteiger partial charge in [0.25, 0.3) is 0 Å². The normalized spacial score (nSPS) is 12.6. The summed E-state index contributed by atoms with van der Waals surface area (Å²) in [4.78, 5) is 2.62. The fourth-order valence-electron chi connectivity index (χ4n) is 1.73. The number of rotatable bonds is 1. The summed E-state index contributed by atoms with van der Waals surface area (Å²) in [7, 11) is 0. The van der Waals surface area contributed by atoms with E-state index in [1.165, 1.54) is 12.1 Å². The number of hydrogen-bond donors (Lipinski definition) is 0. The number of benzene rings is 1. The molecule has 0 fully saturated rings. The molecule has 0 aliphatic heterocycles. The average molecular weight is 395 g/mol. The van der Waals surface area contributed by atoms with Crippen molar-refractivity contribution in [3.63, 3.8) is 0 Å². The van der Waals surface area contributed by atoms with E-state index in [9.17, 15) is 26.3 Å². The van der Waals surface area contributed by atoms with E-state index in [1.54, 1.807) is 0 Å². The summed E-state index contributed by atoms with van der Waals surface area (Å²) in [5.41, 5.74) is -3.93. The first-order chi connectivity index (χ1) is 10.4. The van der Waals surface area contributed by atoms with Gasteiger partial charge in [-0.2, -0.15) is 26.3 Å². The first-order valence-corrected chi connectivity index (χ1v) is 6.85. The van der Waals surface area contributed by atoms with Crippen molar-refractivity contribution in [2.45, 2.75) is 12.4 Å². The van der Waals surface area contributed by atoms with Crippen LogP contribution in [-0.2, 0) is 12.4 Å². The zero-order valence-electron chi connectivity index (χ0n) is 10.7. The van der Waals surface area contributed by atoms with Gasteiger partial charge in [0.1, 0.15) is 11.4 Å². The predicted octanol–water partition coefficient (Wildman–Crippen LogP) is 6.75. The van der Waals surface area contributed by atoms with Gasteiger partial charge in [-0.1, -0.05) is 40.9 Å². The van der Waals surface area contributed by atoms with Gasteiger partial charge < -0.3 is 0 Å². The maximum absolute atomic E-state index is 12.8. The molecule has 0 bridgehead atoms. The largest absolute Gasteiger partial charge is 0.433 e. The minimum Gasteiger partial charge on any atom is -0.239 e. The van der Waals surface area contributed by atoms with Crippen molar-refractivity contribution in [2.24, 2.45) is 0 Å². The Morgan fingerprint density at radius 2 is 1.22 bits per heavy atom. The van der Waals surface area contributed by atoms with Crippen molar-refractivity contribution >= 4 is 34.8 Å². The molecule has 1 heterocycles. The SMILES string of the molecule is FC(F)(F)c1cc(-c2ccc(Cl)c(Cl)c2Cl)cc(C(F)(F)F)n1. The van der Waals surface area contributed by atoms with Gasteiger partial charge in [0, 0.05) is 5.56 Å². The van der Waals surface area contributed by atoms with Crippen LogP contribution < -0.4 is 0 Å². The van der Waals surface area contributed by atoms with E-state index in [0.717, 1.165) is 0 Å². The number of nitrogens with zero attached hydrogens (tertiary/aromatic N) is 1. The Labute approximate surface area is 140 Å². The number of aromatic nitrogens is 1. The summed E-state index contributed by atoms with van der Waals surface area (Å²) in [6.45, 7) is 0. The lowest BCUT2D eigenvalue weighted by Gasteiger charge is -2.14. The highest BCUT2D eigenvalue weighted by molar-refractivity contribution is 6.49. The van der Waals surface area contributed by atoms with Crippen LogP contribution in [0, 0.1) is 0 Å². The molecule has 0 N–H and O–H groups in total. The lowest BCUT2D eigenvalue weighted by atomic mass is 10.0. The monoisotopic (exact) mass is 393 g/mol. The molecule has 1 nitrogen and oxygen atoms in total. The van der Waals surface area contributed by atoms with Gasteiger partial charge in [-0.15, -0.1) is 0 Å². The Hall–Kier alpha value is -1.18. The van der Waals surface area contributed by atoms with Crippen LogP contribution in [-0.4, -0.2) is 4.98 Å². The Balaban J connectivity index is 2.75. The van der Waals surface area contributed by atoms with Gasteiger partial charge in [0.05, 0.1) is 15.1 Å². The molecular formula is C13H4Cl3F6N. The number of pyridine rings is 1. The molecule has 0 saturated heterocycles. The van der Waals surface area contributed by atoms with E-state index in [2.05, 4.69) is 4.98 Å². The predicted molar refractivity (Wildman–Crippen MR) is 74.7 cm³/mol. The molecule has 0 aliphatic carbocycles. The van der Waals surface area contributed by atoms with E-state index in [1.807, 2.05) is 0 Å². The van der Waals surface area contributed by atoms with E-state index in [4.69, 9.17) is 34.8 Å². The molecule has 0 saturated carbocycles. The van der Waals surface area contributed by atoms with Gasteiger partial charge in [-0.05, 0) is 23.8 Å². The van der Waals surface area contributed by atoms with Gasteiger partial charge >= 0.3 is 12.4 Å². The van der Waals surface area contributed by atoms with E-state index >= 15 is 0 Å². The fraction of sp³-hybridized carbons (Fsp3) is 0.154. The van der Waals surface area contributed by atoms with E-state index < -0.39 is 29.3 Å². The van der Waals surface area contributed by atoms with Crippen LogP contribution in [0.1, 0.15) is 11.4 Å². The smallest absolute Gasteiger partial charge is 0.239 e. The summed E-state index contributed by atoms with van der Waals surface area (Å²) in [5, 5.41) is -0.419. The zero-order chi connectivity index (χ0) is 17.6. The maximum atomic E-state index is 12.8. The van der Waals surface area contributed by atoms with Crippen LogP contribution >= 0.6 is 34.8 Å². The van der Waals surface area contributed by atoms with Crippen molar-refractivity contribution in [1.82, 2.24) is 4.98 Å². The Morgan fingerprint density at radius 3 is 1.65 bits per heavy atom. The number of hydrogen-bond acceptors (Lipinski definition) is 1. The Kier molecular flexibility index (Phi) is 4.76. The van der Waals surface area contributed by atoms with Gasteiger partial charge in [0.2, 0.25) is 0 Å². The summed E-state index contributed by atoms with van der Waals surface area (Å²) in [5.74, 6) is 0. The number of halogens is 9. The van der Waals surface area contributed by atoms with Crippen molar-refractivity contribution in [2.75, 3.05) is 0 Å². The topological polar surface area (TPSA) is 12.9 Å². The summed E-state index contributed by atoms with van der Waals surface area (Å²) < 4.78 is 76.7. The fourth-order valence-corrected chi connectivity index (χ4v) is 2.37. The summed E-state index contributed by atoms with van der Waals surface area (Å²) >= 11 is 17.3. The maximum Gasteiger partial charge on any atom is 0.433 e. The highest BCUT2D eigenvalue weighted by Gasteiger charge is 2.39. The lowest BCUT2D eigenvalue weighted by molar-refractivity contribution is -0.150. The van der Waals surface area contributed by atoms with Crippen LogP contribution in [0.5, 0.6) is 0 Å². The van der Waals surface area contributed by atoms with Crippen molar-refractivity contribution < 1.29 is 26.3 Å². The second kappa shape index (κ2) is 6.03. The second-order valence-electron chi connectivity index (χ2n) is 4.34. The molecule has 23 heavy (non-hydrogen) atoms. The first-order valence-electron chi connectivity index (χ1n) is 5.71. The highest BCUT2D eigenvalue weighted by atomic mass is 35.5. The molecule has 0 aliphatic rings. The molecule has 124 valence electrons. The Morgan fingerprint density at radius 1 is 0.739 bits per heavy atom. The third-order valence-corrected chi connectivity index (χ3v) is 4.05. The third-order valence-electron chi connectivity index (χ3n) is 2.75. The second-order valence-corrected chi connectivity index (χ2v) is 5.51. The minimum atomic E-state index is -5.06. The Bertz CT molecular complexity index is 722. The van der Waals surface area contributed by atoms with Gasteiger partial charge in [0.15, 0.2) is 0 Å². The average Bonchev–Trinajstić information content (AvgIpc) is 2.42. The molecular weight excluding hydrogens is 390 g/mol.